The molecule has 1 fully saturated rings. The van der Waals surface area contributed by atoms with Gasteiger partial charge in [0, 0.05) is 39.4 Å². The van der Waals surface area contributed by atoms with E-state index in [0.29, 0.717) is 31.8 Å². The summed E-state index contributed by atoms with van der Waals surface area (Å²) < 4.78 is 45.5. The average Bonchev–Trinajstić information content (AvgIpc) is 2.99. The van der Waals surface area contributed by atoms with E-state index in [1.807, 2.05) is 0 Å². The number of rotatable bonds is 4. The van der Waals surface area contributed by atoms with Crippen molar-refractivity contribution >= 4 is 5.91 Å². The van der Waals surface area contributed by atoms with Crippen LogP contribution in [0, 0.1) is 5.92 Å². The summed E-state index contributed by atoms with van der Waals surface area (Å²) in [4.78, 5) is 17.7. The fourth-order valence-electron chi connectivity index (χ4n) is 3.61. The van der Waals surface area contributed by atoms with Gasteiger partial charge in [-0.15, -0.1) is 0 Å². The van der Waals surface area contributed by atoms with E-state index < -0.39 is 11.9 Å². The maximum absolute atomic E-state index is 12.8. The quantitative estimate of drug-likeness (QED) is 0.831. The van der Waals surface area contributed by atoms with E-state index >= 15 is 0 Å². The number of hydrogen-bond acceptors (Lipinski definition) is 3. The van der Waals surface area contributed by atoms with Crippen LogP contribution in [0.25, 0.3) is 0 Å². The second-order valence-electron chi connectivity index (χ2n) is 7.06. The lowest BCUT2D eigenvalue weighted by molar-refractivity contribution is -0.141. The minimum atomic E-state index is -4.41. The number of nitrogens with zero attached hydrogens (tertiary/aromatic N) is 3. The Morgan fingerprint density at radius 2 is 2.20 bits per heavy atom. The molecule has 0 radical (unpaired) electrons. The fraction of sp³-hybridized carbons (Fsp3) is 0.765. The number of ether oxygens (including phenoxy) is 1. The molecule has 1 aromatic rings. The molecule has 3 rings (SSSR count). The number of halogens is 3. The van der Waals surface area contributed by atoms with Crippen molar-refractivity contribution in [2.24, 2.45) is 5.92 Å². The van der Waals surface area contributed by atoms with Gasteiger partial charge < -0.3 is 14.2 Å². The molecule has 5 nitrogen and oxygen atoms in total. The van der Waals surface area contributed by atoms with Crippen LogP contribution >= 0.6 is 0 Å². The van der Waals surface area contributed by atoms with Crippen LogP contribution in [0.2, 0.25) is 0 Å². The lowest BCUT2D eigenvalue weighted by Crippen LogP contribution is -2.37. The molecule has 1 amide bonds. The molecule has 0 N–H and O–H groups in total. The lowest BCUT2D eigenvalue weighted by Gasteiger charge is -2.29. The molecule has 8 heteroatoms. The molecule has 2 aliphatic rings. The van der Waals surface area contributed by atoms with Crippen LogP contribution in [0.3, 0.4) is 0 Å². The van der Waals surface area contributed by atoms with Crippen LogP contribution < -0.4 is 0 Å². The van der Waals surface area contributed by atoms with Crippen molar-refractivity contribution in [3.05, 3.63) is 17.7 Å². The van der Waals surface area contributed by atoms with E-state index in [9.17, 15) is 18.0 Å². The summed E-state index contributed by atoms with van der Waals surface area (Å²) in [5.41, 5.74) is -0.831. The Labute approximate surface area is 145 Å². The Hall–Kier alpha value is -1.57. The highest BCUT2D eigenvalue weighted by molar-refractivity contribution is 5.76. The predicted octanol–water partition coefficient (Wildman–Crippen LogP) is 2.88. The zero-order valence-electron chi connectivity index (χ0n) is 14.4. The molecule has 140 valence electrons. The summed E-state index contributed by atoms with van der Waals surface area (Å²) in [5, 5.41) is 0. The topological polar surface area (TPSA) is 47.4 Å². The molecule has 0 aliphatic carbocycles. The summed E-state index contributed by atoms with van der Waals surface area (Å²) in [6, 6.07) is 0. The summed E-state index contributed by atoms with van der Waals surface area (Å²) >= 11 is 0. The largest absolute Gasteiger partial charge is 0.434 e. The normalized spacial score (nSPS) is 24.0. The number of imidazole rings is 1. The summed E-state index contributed by atoms with van der Waals surface area (Å²) in [7, 11) is 1.76. The van der Waals surface area contributed by atoms with Crippen LogP contribution in [-0.2, 0) is 28.7 Å². The summed E-state index contributed by atoms with van der Waals surface area (Å²) in [5.74, 6) is 0.663. The van der Waals surface area contributed by atoms with Crippen molar-refractivity contribution < 1.29 is 22.7 Å². The van der Waals surface area contributed by atoms with Gasteiger partial charge in [-0.3, -0.25) is 4.79 Å². The average molecular weight is 359 g/mol. The third-order valence-corrected chi connectivity index (χ3v) is 5.01. The Morgan fingerprint density at radius 1 is 1.40 bits per heavy atom. The molecule has 25 heavy (non-hydrogen) atoms. The van der Waals surface area contributed by atoms with Crippen molar-refractivity contribution in [2.45, 2.75) is 57.3 Å². The van der Waals surface area contributed by atoms with Gasteiger partial charge in [0.1, 0.15) is 5.82 Å². The number of fused-ring (bicyclic) bond motifs is 1. The van der Waals surface area contributed by atoms with Gasteiger partial charge in [-0.2, -0.15) is 13.2 Å². The number of carbonyl (C=O) groups is 1. The Kier molecular flexibility index (Phi) is 5.36. The van der Waals surface area contributed by atoms with Crippen molar-refractivity contribution in [1.29, 1.82) is 0 Å². The number of aryl methyl sites for hydroxylation is 1. The standard InChI is InChI=1S/C17H24F3N3O2/c1-22(16(24)8-13-4-2-3-7-25-13)9-12-5-6-15-21-14(17(18,19)20)11-23(15)10-12/h11-13H,2-10H2,1H3/t12-,13-/m0/s1. The summed E-state index contributed by atoms with van der Waals surface area (Å²) in [6.07, 6.45) is 1.38. The molecule has 1 aromatic heterocycles. The molecule has 3 heterocycles. The molecular weight excluding hydrogens is 335 g/mol. The molecular formula is C17H24F3N3O2. The van der Waals surface area contributed by atoms with Crippen LogP contribution in [0.4, 0.5) is 13.2 Å². The van der Waals surface area contributed by atoms with Gasteiger partial charge in [0.2, 0.25) is 5.91 Å². The third kappa shape index (κ3) is 4.54. The number of alkyl halides is 3. The number of aromatic nitrogens is 2. The zero-order valence-corrected chi connectivity index (χ0v) is 14.4. The van der Waals surface area contributed by atoms with E-state index in [4.69, 9.17) is 4.74 Å². The number of hydrogen-bond donors (Lipinski definition) is 0. The van der Waals surface area contributed by atoms with Gasteiger partial charge in [-0.05, 0) is 31.6 Å². The second-order valence-corrected chi connectivity index (χ2v) is 7.06. The Morgan fingerprint density at radius 3 is 2.88 bits per heavy atom. The number of amides is 1. The predicted molar refractivity (Wildman–Crippen MR) is 84.9 cm³/mol. The molecule has 0 unspecified atom stereocenters. The van der Waals surface area contributed by atoms with Gasteiger partial charge in [0.15, 0.2) is 5.69 Å². The maximum atomic E-state index is 12.8. The zero-order chi connectivity index (χ0) is 18.0. The van der Waals surface area contributed by atoms with Crippen LogP contribution in [0.15, 0.2) is 6.20 Å². The van der Waals surface area contributed by atoms with Crippen molar-refractivity contribution in [3.8, 4) is 0 Å². The first kappa shape index (κ1) is 18.2. The molecule has 0 saturated carbocycles. The minimum Gasteiger partial charge on any atom is -0.378 e. The lowest BCUT2D eigenvalue weighted by atomic mass is 9.98. The fourth-order valence-corrected chi connectivity index (χ4v) is 3.61. The van der Waals surface area contributed by atoms with Crippen molar-refractivity contribution in [2.75, 3.05) is 20.2 Å². The molecule has 2 aliphatic heterocycles. The van der Waals surface area contributed by atoms with Gasteiger partial charge in [-0.25, -0.2) is 4.98 Å². The van der Waals surface area contributed by atoms with Gasteiger partial charge in [0.25, 0.3) is 0 Å². The molecule has 2 atom stereocenters. The molecule has 0 aromatic carbocycles. The molecule has 0 spiro atoms. The van der Waals surface area contributed by atoms with Crippen LogP contribution in [0.1, 0.15) is 43.6 Å². The summed E-state index contributed by atoms with van der Waals surface area (Å²) in [6.45, 7) is 1.73. The first-order valence-corrected chi connectivity index (χ1v) is 8.81. The maximum Gasteiger partial charge on any atom is 0.434 e. The minimum absolute atomic E-state index is 0.00431. The highest BCUT2D eigenvalue weighted by Gasteiger charge is 2.36. The van der Waals surface area contributed by atoms with Gasteiger partial charge in [-0.1, -0.05) is 0 Å². The van der Waals surface area contributed by atoms with E-state index in [0.717, 1.165) is 38.5 Å². The third-order valence-electron chi connectivity index (χ3n) is 5.01. The smallest absolute Gasteiger partial charge is 0.378 e. The van der Waals surface area contributed by atoms with Gasteiger partial charge >= 0.3 is 6.18 Å². The first-order chi connectivity index (χ1) is 11.8. The number of carbonyl (C=O) groups excluding carboxylic acids is 1. The highest BCUT2D eigenvalue weighted by atomic mass is 19.4. The van der Waals surface area contributed by atoms with E-state index in [-0.39, 0.29) is 17.9 Å². The van der Waals surface area contributed by atoms with E-state index in [1.54, 1.807) is 16.5 Å². The highest BCUT2D eigenvalue weighted by Crippen LogP contribution is 2.30. The second kappa shape index (κ2) is 7.35. The molecule has 1 saturated heterocycles. The van der Waals surface area contributed by atoms with E-state index in [1.165, 1.54) is 0 Å². The SMILES string of the molecule is CN(C[C@@H]1CCc2nc(C(F)(F)F)cn2C1)C(=O)C[C@@H]1CCCCO1. The van der Waals surface area contributed by atoms with Crippen molar-refractivity contribution in [1.82, 2.24) is 14.5 Å². The van der Waals surface area contributed by atoms with Crippen LogP contribution in [0.5, 0.6) is 0 Å². The Balaban J connectivity index is 1.53. The Bertz CT molecular complexity index is 609. The first-order valence-electron chi connectivity index (χ1n) is 8.81. The van der Waals surface area contributed by atoms with E-state index in [2.05, 4.69) is 4.98 Å². The van der Waals surface area contributed by atoms with Crippen molar-refractivity contribution in [3.63, 3.8) is 0 Å². The van der Waals surface area contributed by atoms with Gasteiger partial charge in [0.05, 0.1) is 12.5 Å². The van der Waals surface area contributed by atoms with Crippen LogP contribution in [-0.4, -0.2) is 46.7 Å². The monoisotopic (exact) mass is 359 g/mol. The molecule has 0 bridgehead atoms.